The molecular weight excluding hydrogens is 410 g/mol. The van der Waals surface area contributed by atoms with Crippen molar-refractivity contribution in [2.45, 2.75) is 26.9 Å². The summed E-state index contributed by atoms with van der Waals surface area (Å²) in [5.74, 6) is -0.812. The van der Waals surface area contributed by atoms with E-state index in [9.17, 15) is 13.6 Å². The number of hydrogen-bond acceptors (Lipinski definition) is 5. The third-order valence-electron chi connectivity index (χ3n) is 4.75. The minimum Gasteiger partial charge on any atom is -0.415 e. The van der Waals surface area contributed by atoms with E-state index in [0.29, 0.717) is 11.8 Å². The first-order chi connectivity index (χ1) is 14.4. The molecule has 30 heavy (non-hydrogen) atoms. The van der Waals surface area contributed by atoms with Gasteiger partial charge >= 0.3 is 0 Å². The Morgan fingerprint density at radius 3 is 2.70 bits per heavy atom. The minimum atomic E-state index is -0.691. The highest BCUT2D eigenvalue weighted by molar-refractivity contribution is 7.13. The average molecular weight is 428 g/mol. The van der Waals surface area contributed by atoms with Crippen LogP contribution in [-0.4, -0.2) is 20.7 Å². The SMILES string of the molecule is Cc1cc(-c2nnc(-c3cccs3)o2)c(C)n1CC(=O)NCc1ccc(F)cc1F. The van der Waals surface area contributed by atoms with Gasteiger partial charge in [-0.15, -0.1) is 21.5 Å². The van der Waals surface area contributed by atoms with Crippen LogP contribution in [0.4, 0.5) is 8.78 Å². The molecule has 0 unspecified atom stereocenters. The van der Waals surface area contributed by atoms with Crippen LogP contribution >= 0.6 is 11.3 Å². The predicted octanol–water partition coefficient (Wildman–Crippen LogP) is 4.48. The molecule has 4 rings (SSSR count). The summed E-state index contributed by atoms with van der Waals surface area (Å²) in [5, 5.41) is 12.8. The van der Waals surface area contributed by atoms with Crippen molar-refractivity contribution in [2.24, 2.45) is 0 Å². The van der Waals surface area contributed by atoms with Crippen LogP contribution < -0.4 is 5.32 Å². The standard InChI is InChI=1S/C21H18F2N4O2S/c1-12-8-16(20-25-26-21(29-20)18-4-3-7-30-18)13(2)27(12)11-19(28)24-10-14-5-6-15(22)9-17(14)23/h3-9H,10-11H2,1-2H3,(H,24,28). The molecule has 1 amide bonds. The molecule has 0 atom stereocenters. The first-order valence-corrected chi connectivity index (χ1v) is 10.1. The van der Waals surface area contributed by atoms with E-state index in [1.807, 2.05) is 42.0 Å². The third kappa shape index (κ3) is 4.02. The lowest BCUT2D eigenvalue weighted by molar-refractivity contribution is -0.121. The predicted molar refractivity (Wildman–Crippen MR) is 109 cm³/mol. The molecule has 4 aromatic rings. The van der Waals surface area contributed by atoms with Gasteiger partial charge in [0.2, 0.25) is 11.8 Å². The van der Waals surface area contributed by atoms with Gasteiger partial charge in [0.1, 0.15) is 18.2 Å². The third-order valence-corrected chi connectivity index (χ3v) is 5.61. The normalized spacial score (nSPS) is 11.1. The smallest absolute Gasteiger partial charge is 0.258 e. The minimum absolute atomic E-state index is 0.0228. The highest BCUT2D eigenvalue weighted by Crippen LogP contribution is 2.30. The number of hydrogen-bond donors (Lipinski definition) is 1. The molecule has 1 N–H and O–H groups in total. The summed E-state index contributed by atoms with van der Waals surface area (Å²) in [7, 11) is 0. The zero-order valence-corrected chi connectivity index (χ0v) is 17.1. The fourth-order valence-electron chi connectivity index (χ4n) is 3.15. The van der Waals surface area contributed by atoms with Gasteiger partial charge in [-0.25, -0.2) is 8.78 Å². The molecule has 0 aliphatic heterocycles. The van der Waals surface area contributed by atoms with Gasteiger partial charge in [0, 0.05) is 29.6 Å². The second kappa shape index (κ2) is 8.19. The maximum atomic E-state index is 13.7. The van der Waals surface area contributed by atoms with Crippen molar-refractivity contribution in [1.29, 1.82) is 0 Å². The quantitative estimate of drug-likeness (QED) is 0.492. The number of aromatic nitrogens is 3. The molecule has 0 aliphatic rings. The van der Waals surface area contributed by atoms with Gasteiger partial charge in [0.15, 0.2) is 0 Å². The van der Waals surface area contributed by atoms with Crippen molar-refractivity contribution < 1.29 is 18.0 Å². The average Bonchev–Trinajstić information content (AvgIpc) is 3.44. The zero-order valence-electron chi connectivity index (χ0n) is 16.3. The van der Waals surface area contributed by atoms with Crippen LogP contribution in [0.2, 0.25) is 0 Å². The van der Waals surface area contributed by atoms with Crippen LogP contribution in [0.1, 0.15) is 17.0 Å². The molecule has 6 nitrogen and oxygen atoms in total. The molecule has 3 aromatic heterocycles. The molecule has 0 saturated carbocycles. The van der Waals surface area contributed by atoms with Crippen molar-refractivity contribution in [2.75, 3.05) is 0 Å². The van der Waals surface area contributed by atoms with Crippen molar-refractivity contribution in [3.05, 3.63) is 70.4 Å². The Labute approximate surface area is 175 Å². The van der Waals surface area contributed by atoms with E-state index < -0.39 is 11.6 Å². The number of aryl methyl sites for hydroxylation is 1. The van der Waals surface area contributed by atoms with E-state index in [1.165, 1.54) is 17.4 Å². The molecular formula is C21H18F2N4O2S. The first kappa shape index (κ1) is 20.0. The largest absolute Gasteiger partial charge is 0.415 e. The van der Waals surface area contributed by atoms with Gasteiger partial charge in [-0.1, -0.05) is 12.1 Å². The molecule has 0 fully saturated rings. The molecule has 3 heterocycles. The van der Waals surface area contributed by atoms with Gasteiger partial charge in [-0.3, -0.25) is 4.79 Å². The number of carbonyl (C=O) groups is 1. The van der Waals surface area contributed by atoms with Crippen LogP contribution in [0.3, 0.4) is 0 Å². The molecule has 1 aromatic carbocycles. The van der Waals surface area contributed by atoms with Gasteiger partial charge in [-0.05, 0) is 37.4 Å². The fourth-order valence-corrected chi connectivity index (χ4v) is 3.80. The molecule has 0 saturated heterocycles. The maximum Gasteiger partial charge on any atom is 0.258 e. The van der Waals surface area contributed by atoms with Gasteiger partial charge in [0.05, 0.1) is 10.4 Å². The monoisotopic (exact) mass is 428 g/mol. The van der Waals surface area contributed by atoms with Crippen molar-refractivity contribution in [3.63, 3.8) is 0 Å². The molecule has 0 bridgehead atoms. The van der Waals surface area contributed by atoms with E-state index in [-0.39, 0.29) is 24.6 Å². The number of benzene rings is 1. The maximum absolute atomic E-state index is 13.7. The van der Waals surface area contributed by atoms with Crippen molar-refractivity contribution >= 4 is 17.2 Å². The molecule has 0 aliphatic carbocycles. The fraction of sp³-hybridized carbons (Fsp3) is 0.190. The summed E-state index contributed by atoms with van der Waals surface area (Å²) in [6.07, 6.45) is 0. The van der Waals surface area contributed by atoms with E-state index in [4.69, 9.17) is 4.42 Å². The van der Waals surface area contributed by atoms with Crippen molar-refractivity contribution in [3.8, 4) is 22.2 Å². The summed E-state index contributed by atoms with van der Waals surface area (Å²) >= 11 is 1.51. The lowest BCUT2D eigenvalue weighted by Gasteiger charge is -2.11. The number of amides is 1. The summed E-state index contributed by atoms with van der Waals surface area (Å²) in [4.78, 5) is 13.3. The summed E-state index contributed by atoms with van der Waals surface area (Å²) < 4.78 is 34.3. The van der Waals surface area contributed by atoms with Crippen LogP contribution in [-0.2, 0) is 17.9 Å². The number of rotatable bonds is 6. The Balaban J connectivity index is 1.47. The number of thiophene rings is 1. The van der Waals surface area contributed by atoms with Crippen LogP contribution in [0.5, 0.6) is 0 Å². The molecule has 0 radical (unpaired) electrons. The number of nitrogens with zero attached hydrogens (tertiary/aromatic N) is 3. The van der Waals surface area contributed by atoms with E-state index in [2.05, 4.69) is 15.5 Å². The van der Waals surface area contributed by atoms with E-state index >= 15 is 0 Å². The van der Waals surface area contributed by atoms with Gasteiger partial charge in [0.25, 0.3) is 5.89 Å². The lowest BCUT2D eigenvalue weighted by atomic mass is 10.2. The Kier molecular flexibility index (Phi) is 5.45. The van der Waals surface area contributed by atoms with Crippen LogP contribution in [0.15, 0.2) is 46.2 Å². The van der Waals surface area contributed by atoms with Crippen LogP contribution in [0, 0.1) is 25.5 Å². The molecule has 154 valence electrons. The highest BCUT2D eigenvalue weighted by atomic mass is 32.1. The Morgan fingerprint density at radius 1 is 1.17 bits per heavy atom. The summed E-state index contributed by atoms with van der Waals surface area (Å²) in [5.41, 5.74) is 2.62. The van der Waals surface area contributed by atoms with E-state index in [0.717, 1.165) is 34.0 Å². The van der Waals surface area contributed by atoms with E-state index in [1.54, 1.807) is 0 Å². The van der Waals surface area contributed by atoms with Crippen molar-refractivity contribution in [1.82, 2.24) is 20.1 Å². The second-order valence-corrected chi connectivity index (χ2v) is 7.72. The second-order valence-electron chi connectivity index (χ2n) is 6.77. The summed E-state index contributed by atoms with van der Waals surface area (Å²) in [6.45, 7) is 3.77. The number of halogens is 2. The van der Waals surface area contributed by atoms with Crippen LogP contribution in [0.25, 0.3) is 22.2 Å². The Hall–Kier alpha value is -3.33. The number of carbonyl (C=O) groups excluding carboxylic acids is 1. The summed E-state index contributed by atoms with van der Waals surface area (Å²) in [6, 6.07) is 8.96. The number of nitrogens with one attached hydrogen (secondary N) is 1. The topological polar surface area (TPSA) is 73.0 Å². The molecule has 0 spiro atoms. The highest BCUT2D eigenvalue weighted by Gasteiger charge is 2.19. The van der Waals surface area contributed by atoms with Gasteiger partial charge < -0.3 is 14.3 Å². The first-order valence-electron chi connectivity index (χ1n) is 9.17. The zero-order chi connectivity index (χ0) is 21.3. The Bertz CT molecular complexity index is 1200. The lowest BCUT2D eigenvalue weighted by Crippen LogP contribution is -2.28. The Morgan fingerprint density at radius 2 is 1.97 bits per heavy atom. The molecule has 9 heteroatoms. The van der Waals surface area contributed by atoms with Gasteiger partial charge in [-0.2, -0.15) is 0 Å².